The van der Waals surface area contributed by atoms with Crippen LogP contribution in [0.25, 0.3) is 10.8 Å². The molecule has 1 unspecified atom stereocenters. The van der Waals surface area contributed by atoms with Gasteiger partial charge >= 0.3 is 0 Å². The first-order valence-electron chi connectivity index (χ1n) is 6.67. The third-order valence-electron chi connectivity index (χ3n) is 3.76. The second-order valence-electron chi connectivity index (χ2n) is 5.05. The van der Waals surface area contributed by atoms with E-state index >= 15 is 0 Å². The Morgan fingerprint density at radius 3 is 3.00 bits per heavy atom. The SMILES string of the molecule is CN(C(=O)c1cc2ccccc2c(N)n1)C1CCOC1. The fourth-order valence-electron chi connectivity index (χ4n) is 2.51. The highest BCUT2D eigenvalue weighted by molar-refractivity contribution is 5.99. The molecule has 0 radical (unpaired) electrons. The molecule has 2 aromatic rings. The van der Waals surface area contributed by atoms with Gasteiger partial charge in [-0.1, -0.05) is 24.3 Å². The van der Waals surface area contributed by atoms with E-state index in [0.29, 0.717) is 24.7 Å². The van der Waals surface area contributed by atoms with Gasteiger partial charge in [-0.25, -0.2) is 4.98 Å². The minimum absolute atomic E-state index is 0.113. The Morgan fingerprint density at radius 1 is 1.45 bits per heavy atom. The van der Waals surface area contributed by atoms with Gasteiger partial charge in [0.05, 0.1) is 12.6 Å². The number of rotatable bonds is 2. The zero-order chi connectivity index (χ0) is 14.1. The summed E-state index contributed by atoms with van der Waals surface area (Å²) in [5.74, 6) is 0.278. The molecule has 1 amide bonds. The smallest absolute Gasteiger partial charge is 0.272 e. The van der Waals surface area contributed by atoms with Crippen molar-refractivity contribution in [3.63, 3.8) is 0 Å². The first-order chi connectivity index (χ1) is 9.66. The quantitative estimate of drug-likeness (QED) is 0.902. The van der Waals surface area contributed by atoms with Gasteiger partial charge in [-0.3, -0.25) is 4.79 Å². The lowest BCUT2D eigenvalue weighted by Crippen LogP contribution is -2.37. The summed E-state index contributed by atoms with van der Waals surface area (Å²) in [5, 5.41) is 1.80. The summed E-state index contributed by atoms with van der Waals surface area (Å²) in [6, 6.07) is 9.58. The summed E-state index contributed by atoms with van der Waals surface area (Å²) < 4.78 is 5.32. The van der Waals surface area contributed by atoms with Crippen LogP contribution in [0.4, 0.5) is 5.82 Å². The van der Waals surface area contributed by atoms with Crippen LogP contribution in [0.5, 0.6) is 0 Å². The van der Waals surface area contributed by atoms with E-state index in [1.807, 2.05) is 24.3 Å². The van der Waals surface area contributed by atoms with Crippen LogP contribution in [0.3, 0.4) is 0 Å². The number of amides is 1. The predicted molar refractivity (Wildman–Crippen MR) is 77.5 cm³/mol. The number of pyridine rings is 1. The molecule has 104 valence electrons. The molecule has 5 nitrogen and oxygen atoms in total. The molecule has 0 aliphatic carbocycles. The Balaban J connectivity index is 1.95. The van der Waals surface area contributed by atoms with Crippen molar-refractivity contribution in [1.29, 1.82) is 0 Å². The maximum absolute atomic E-state index is 12.5. The second kappa shape index (κ2) is 5.09. The molecular formula is C15H17N3O2. The topological polar surface area (TPSA) is 68.5 Å². The fourth-order valence-corrected chi connectivity index (χ4v) is 2.51. The van der Waals surface area contributed by atoms with Gasteiger partial charge in [-0.15, -0.1) is 0 Å². The number of nitrogens with zero attached hydrogens (tertiary/aromatic N) is 2. The van der Waals surface area contributed by atoms with Crippen LogP contribution in [0.15, 0.2) is 30.3 Å². The first kappa shape index (κ1) is 12.9. The number of fused-ring (bicyclic) bond motifs is 1. The summed E-state index contributed by atoms with van der Waals surface area (Å²) in [6.45, 7) is 1.29. The Kier molecular flexibility index (Phi) is 3.28. The highest BCUT2D eigenvalue weighted by Gasteiger charge is 2.26. The van der Waals surface area contributed by atoms with E-state index in [9.17, 15) is 4.79 Å². The van der Waals surface area contributed by atoms with Gasteiger partial charge in [0, 0.05) is 19.0 Å². The molecule has 1 aliphatic rings. The number of benzene rings is 1. The third kappa shape index (κ3) is 2.20. The van der Waals surface area contributed by atoms with E-state index in [2.05, 4.69) is 4.98 Å². The largest absolute Gasteiger partial charge is 0.383 e. The molecule has 0 spiro atoms. The number of hydrogen-bond acceptors (Lipinski definition) is 4. The van der Waals surface area contributed by atoms with Crippen molar-refractivity contribution >= 4 is 22.5 Å². The van der Waals surface area contributed by atoms with Crippen LogP contribution in [-0.2, 0) is 4.74 Å². The Labute approximate surface area is 117 Å². The van der Waals surface area contributed by atoms with E-state index in [0.717, 1.165) is 17.2 Å². The van der Waals surface area contributed by atoms with Crippen LogP contribution < -0.4 is 5.73 Å². The minimum atomic E-state index is -0.113. The molecule has 2 N–H and O–H groups in total. The standard InChI is InChI=1S/C15H17N3O2/c1-18(11-6-7-20-9-11)15(19)13-8-10-4-2-3-5-12(10)14(16)17-13/h2-5,8,11H,6-7,9H2,1H3,(H2,16,17). The minimum Gasteiger partial charge on any atom is -0.383 e. The lowest BCUT2D eigenvalue weighted by molar-refractivity contribution is 0.0706. The number of nitrogen functional groups attached to an aromatic ring is 1. The van der Waals surface area contributed by atoms with Crippen molar-refractivity contribution in [2.24, 2.45) is 0 Å². The predicted octanol–water partition coefficient (Wildman–Crippen LogP) is 1.68. The first-order valence-corrected chi connectivity index (χ1v) is 6.67. The Hall–Kier alpha value is -2.14. The second-order valence-corrected chi connectivity index (χ2v) is 5.05. The normalized spacial score (nSPS) is 18.4. The van der Waals surface area contributed by atoms with Gasteiger partial charge in [-0.2, -0.15) is 0 Å². The summed E-state index contributed by atoms with van der Waals surface area (Å²) in [5.41, 5.74) is 6.33. The van der Waals surface area contributed by atoms with Gasteiger partial charge in [0.25, 0.3) is 5.91 Å². The number of carbonyl (C=O) groups is 1. The average molecular weight is 271 g/mol. The maximum Gasteiger partial charge on any atom is 0.272 e. The fraction of sp³-hybridized carbons (Fsp3) is 0.333. The van der Waals surface area contributed by atoms with E-state index in [1.54, 1.807) is 18.0 Å². The molecule has 1 saturated heterocycles. The highest BCUT2D eigenvalue weighted by atomic mass is 16.5. The van der Waals surface area contributed by atoms with Crippen LogP contribution in [0.2, 0.25) is 0 Å². The van der Waals surface area contributed by atoms with E-state index < -0.39 is 0 Å². The monoisotopic (exact) mass is 271 g/mol. The number of hydrogen-bond donors (Lipinski definition) is 1. The molecule has 1 aliphatic heterocycles. The summed E-state index contributed by atoms with van der Waals surface area (Å²) in [6.07, 6.45) is 0.866. The number of aromatic nitrogens is 1. The van der Waals surface area contributed by atoms with Gasteiger partial charge in [0.2, 0.25) is 0 Å². The summed E-state index contributed by atoms with van der Waals surface area (Å²) >= 11 is 0. The molecule has 1 fully saturated rings. The van der Waals surface area contributed by atoms with Gasteiger partial charge in [0.15, 0.2) is 0 Å². The molecule has 1 atom stereocenters. The Bertz CT molecular complexity index is 651. The van der Waals surface area contributed by atoms with Crippen molar-refractivity contribution in [3.05, 3.63) is 36.0 Å². The molecule has 5 heteroatoms. The number of carbonyl (C=O) groups excluding carboxylic acids is 1. The van der Waals surface area contributed by atoms with Gasteiger partial charge in [0.1, 0.15) is 11.5 Å². The zero-order valence-corrected chi connectivity index (χ0v) is 11.4. The molecule has 3 rings (SSSR count). The van der Waals surface area contributed by atoms with E-state index in [4.69, 9.17) is 10.5 Å². The van der Waals surface area contributed by atoms with Gasteiger partial charge < -0.3 is 15.4 Å². The molecular weight excluding hydrogens is 254 g/mol. The molecule has 0 saturated carbocycles. The molecule has 2 heterocycles. The average Bonchev–Trinajstić information content (AvgIpc) is 3.00. The number of nitrogens with two attached hydrogens (primary N) is 1. The van der Waals surface area contributed by atoms with Crippen LogP contribution >= 0.6 is 0 Å². The van der Waals surface area contributed by atoms with Crippen molar-refractivity contribution in [2.45, 2.75) is 12.5 Å². The van der Waals surface area contributed by atoms with Crippen LogP contribution in [0, 0.1) is 0 Å². The van der Waals surface area contributed by atoms with E-state index in [-0.39, 0.29) is 11.9 Å². The van der Waals surface area contributed by atoms with Crippen molar-refractivity contribution < 1.29 is 9.53 Å². The molecule has 20 heavy (non-hydrogen) atoms. The number of likely N-dealkylation sites (N-methyl/N-ethyl adjacent to an activating group) is 1. The Morgan fingerprint density at radius 2 is 2.25 bits per heavy atom. The highest BCUT2D eigenvalue weighted by Crippen LogP contribution is 2.21. The van der Waals surface area contributed by atoms with Crippen LogP contribution in [0.1, 0.15) is 16.9 Å². The molecule has 1 aromatic heterocycles. The van der Waals surface area contributed by atoms with Crippen molar-refractivity contribution in [1.82, 2.24) is 9.88 Å². The maximum atomic E-state index is 12.5. The lowest BCUT2D eigenvalue weighted by atomic mass is 10.1. The zero-order valence-electron chi connectivity index (χ0n) is 11.4. The van der Waals surface area contributed by atoms with E-state index in [1.165, 1.54) is 0 Å². The number of ether oxygens (including phenoxy) is 1. The summed E-state index contributed by atoms with van der Waals surface area (Å²) in [4.78, 5) is 18.4. The number of anilines is 1. The molecule has 0 bridgehead atoms. The third-order valence-corrected chi connectivity index (χ3v) is 3.76. The van der Waals surface area contributed by atoms with Crippen molar-refractivity contribution in [2.75, 3.05) is 26.0 Å². The van der Waals surface area contributed by atoms with Crippen molar-refractivity contribution in [3.8, 4) is 0 Å². The molecule has 1 aromatic carbocycles. The lowest BCUT2D eigenvalue weighted by Gasteiger charge is -2.23. The summed E-state index contributed by atoms with van der Waals surface area (Å²) in [7, 11) is 1.79. The van der Waals surface area contributed by atoms with Gasteiger partial charge in [-0.05, 0) is 17.9 Å². The van der Waals surface area contributed by atoms with Crippen LogP contribution in [-0.4, -0.2) is 42.1 Å².